The molecule has 0 spiro atoms. The van der Waals surface area contributed by atoms with Crippen LogP contribution < -0.4 is 0 Å². The van der Waals surface area contributed by atoms with Crippen LogP contribution in [0.3, 0.4) is 0 Å². The van der Waals surface area contributed by atoms with E-state index in [9.17, 15) is 4.39 Å². The number of ether oxygens (including phenoxy) is 1. The summed E-state index contributed by atoms with van der Waals surface area (Å²) in [4.78, 5) is 9.35. The predicted molar refractivity (Wildman–Crippen MR) is 104 cm³/mol. The molecule has 2 aliphatic heterocycles. The minimum atomic E-state index is -0.610. The van der Waals surface area contributed by atoms with Crippen molar-refractivity contribution in [1.82, 2.24) is 14.8 Å². The summed E-state index contributed by atoms with van der Waals surface area (Å²) >= 11 is 0. The van der Waals surface area contributed by atoms with Gasteiger partial charge in [-0.3, -0.25) is 4.90 Å². The van der Waals surface area contributed by atoms with E-state index in [1.807, 2.05) is 0 Å². The molecule has 4 aliphatic rings. The summed E-state index contributed by atoms with van der Waals surface area (Å²) < 4.78 is 25.3. The Morgan fingerprint density at radius 2 is 2.18 bits per heavy atom. The molecule has 3 heterocycles. The van der Waals surface area contributed by atoms with Gasteiger partial charge in [0.05, 0.1) is 18.4 Å². The van der Waals surface area contributed by atoms with Crippen molar-refractivity contribution in [3.63, 3.8) is 0 Å². The highest BCUT2D eigenvalue weighted by Crippen LogP contribution is 2.42. The van der Waals surface area contributed by atoms with Crippen molar-refractivity contribution >= 4 is 0 Å². The molecule has 0 bridgehead atoms. The van der Waals surface area contributed by atoms with Gasteiger partial charge in [0.2, 0.25) is 0 Å². The molecule has 5 nitrogen and oxygen atoms in total. The summed E-state index contributed by atoms with van der Waals surface area (Å²) in [5, 5.41) is 0. The van der Waals surface area contributed by atoms with Gasteiger partial charge in [0.25, 0.3) is 0 Å². The number of oxazole rings is 1. The van der Waals surface area contributed by atoms with Gasteiger partial charge in [0.1, 0.15) is 12.4 Å². The number of nitrogens with zero attached hydrogens (tertiary/aromatic N) is 3. The van der Waals surface area contributed by atoms with Gasteiger partial charge in [-0.15, -0.1) is 0 Å². The first-order valence-corrected chi connectivity index (χ1v) is 11.0. The van der Waals surface area contributed by atoms with Crippen molar-refractivity contribution in [2.45, 2.75) is 69.9 Å². The molecule has 2 aliphatic carbocycles. The lowest BCUT2D eigenvalue weighted by Crippen LogP contribution is -2.50. The van der Waals surface area contributed by atoms with E-state index in [4.69, 9.17) is 9.15 Å². The van der Waals surface area contributed by atoms with Crippen LogP contribution >= 0.6 is 0 Å². The van der Waals surface area contributed by atoms with E-state index >= 15 is 0 Å². The van der Waals surface area contributed by atoms with E-state index in [1.165, 1.54) is 12.8 Å². The van der Waals surface area contributed by atoms with E-state index in [1.54, 1.807) is 6.26 Å². The van der Waals surface area contributed by atoms with Crippen molar-refractivity contribution in [2.24, 2.45) is 17.8 Å². The SMILES string of the molecule is CC1CC(N2C=CC3CC(F)CCC32)CC2CN(Cc3cocn3)CCOC12. The third-order valence-electron chi connectivity index (χ3n) is 7.43. The third-order valence-corrected chi connectivity index (χ3v) is 7.43. The van der Waals surface area contributed by atoms with E-state index in [2.05, 4.69) is 34.0 Å². The Morgan fingerprint density at radius 1 is 1.25 bits per heavy atom. The number of hydrogen-bond acceptors (Lipinski definition) is 5. The molecule has 6 heteroatoms. The van der Waals surface area contributed by atoms with Gasteiger partial charge in [-0.25, -0.2) is 9.37 Å². The molecule has 5 rings (SSSR count). The molecule has 1 aromatic heterocycles. The van der Waals surface area contributed by atoms with Crippen molar-refractivity contribution in [3.8, 4) is 0 Å². The molecule has 0 radical (unpaired) electrons. The molecule has 3 fully saturated rings. The molecule has 7 unspecified atom stereocenters. The second-order valence-corrected chi connectivity index (χ2v) is 9.34. The lowest BCUT2D eigenvalue weighted by molar-refractivity contribution is -0.0515. The first kappa shape index (κ1) is 18.6. The van der Waals surface area contributed by atoms with Crippen molar-refractivity contribution in [1.29, 1.82) is 0 Å². The van der Waals surface area contributed by atoms with Gasteiger partial charge >= 0.3 is 0 Å². The zero-order chi connectivity index (χ0) is 19.1. The van der Waals surface area contributed by atoms with Gasteiger partial charge in [0, 0.05) is 43.6 Å². The van der Waals surface area contributed by atoms with Crippen LogP contribution in [0.5, 0.6) is 0 Å². The van der Waals surface area contributed by atoms with E-state index < -0.39 is 6.17 Å². The smallest absolute Gasteiger partial charge is 0.180 e. The monoisotopic (exact) mass is 389 g/mol. The van der Waals surface area contributed by atoms with Gasteiger partial charge in [0.15, 0.2) is 6.39 Å². The maximum Gasteiger partial charge on any atom is 0.180 e. The maximum absolute atomic E-state index is 13.8. The highest BCUT2D eigenvalue weighted by atomic mass is 19.1. The molecule has 154 valence electrons. The number of rotatable bonds is 3. The van der Waals surface area contributed by atoms with Crippen LogP contribution in [0.15, 0.2) is 29.3 Å². The van der Waals surface area contributed by atoms with Gasteiger partial charge in [-0.2, -0.15) is 0 Å². The van der Waals surface area contributed by atoms with E-state index in [0.29, 0.717) is 42.4 Å². The fourth-order valence-electron chi connectivity index (χ4n) is 6.18. The molecule has 0 aromatic carbocycles. The largest absolute Gasteiger partial charge is 0.451 e. The Balaban J connectivity index is 1.27. The summed E-state index contributed by atoms with van der Waals surface area (Å²) in [5.41, 5.74) is 0.993. The molecular formula is C22H32FN3O2. The Bertz CT molecular complexity index is 681. The fourth-order valence-corrected chi connectivity index (χ4v) is 6.18. The lowest BCUT2D eigenvalue weighted by Gasteiger charge is -2.46. The van der Waals surface area contributed by atoms with E-state index in [-0.39, 0.29) is 0 Å². The highest BCUT2D eigenvalue weighted by molar-refractivity contribution is 5.10. The average molecular weight is 390 g/mol. The Labute approximate surface area is 166 Å². The normalized spacial score (nSPS) is 41.5. The van der Waals surface area contributed by atoms with Gasteiger partial charge < -0.3 is 14.1 Å². The summed E-state index contributed by atoms with van der Waals surface area (Å²) in [6.07, 6.45) is 12.3. The predicted octanol–water partition coefficient (Wildman–Crippen LogP) is 3.63. The first-order valence-electron chi connectivity index (χ1n) is 11.0. The minimum absolute atomic E-state index is 0.350. The number of fused-ring (bicyclic) bond motifs is 2. The molecule has 0 N–H and O–H groups in total. The number of halogens is 1. The maximum atomic E-state index is 13.8. The standard InChI is InChI=1S/C22H32FN3O2/c1-15-8-20(26-5-4-16-9-18(23)2-3-21(16)26)10-17-11-25(6-7-28-22(15)17)12-19-13-27-14-24-19/h4-5,13-18,20-22H,2-3,6-12H2,1H3. The highest BCUT2D eigenvalue weighted by Gasteiger charge is 2.44. The van der Waals surface area contributed by atoms with Crippen LogP contribution in [0.2, 0.25) is 0 Å². The summed E-state index contributed by atoms with van der Waals surface area (Å²) in [6, 6.07) is 1.06. The molecular weight excluding hydrogens is 357 g/mol. The van der Waals surface area contributed by atoms with Gasteiger partial charge in [-0.05, 0) is 44.2 Å². The average Bonchev–Trinajstić information content (AvgIpc) is 3.27. The minimum Gasteiger partial charge on any atom is -0.451 e. The van der Waals surface area contributed by atoms with Crippen molar-refractivity contribution in [2.75, 3.05) is 19.7 Å². The Kier molecular flexibility index (Phi) is 5.18. The van der Waals surface area contributed by atoms with Crippen molar-refractivity contribution in [3.05, 3.63) is 30.6 Å². The van der Waals surface area contributed by atoms with Crippen LogP contribution in [-0.2, 0) is 11.3 Å². The molecule has 7 atom stereocenters. The Morgan fingerprint density at radius 3 is 3.04 bits per heavy atom. The third kappa shape index (κ3) is 3.61. The molecule has 0 amide bonds. The second kappa shape index (κ2) is 7.79. The first-order chi connectivity index (χ1) is 13.7. The topological polar surface area (TPSA) is 41.7 Å². The van der Waals surface area contributed by atoms with Crippen LogP contribution in [0.1, 0.15) is 44.7 Å². The molecule has 2 saturated carbocycles. The fraction of sp³-hybridized carbons (Fsp3) is 0.773. The zero-order valence-electron chi connectivity index (χ0n) is 16.8. The van der Waals surface area contributed by atoms with E-state index in [0.717, 1.165) is 51.2 Å². The van der Waals surface area contributed by atoms with Crippen LogP contribution in [0.25, 0.3) is 0 Å². The summed E-state index contributed by atoms with van der Waals surface area (Å²) in [7, 11) is 0. The second-order valence-electron chi connectivity index (χ2n) is 9.34. The number of alkyl halides is 1. The number of aromatic nitrogens is 1. The van der Waals surface area contributed by atoms with Crippen LogP contribution in [0, 0.1) is 17.8 Å². The Hall–Kier alpha value is -1.40. The van der Waals surface area contributed by atoms with Crippen molar-refractivity contribution < 1.29 is 13.5 Å². The molecule has 1 aromatic rings. The zero-order valence-corrected chi connectivity index (χ0v) is 16.8. The summed E-state index contributed by atoms with van der Waals surface area (Å²) in [5.74, 6) is 1.50. The lowest BCUT2D eigenvalue weighted by atomic mass is 9.75. The quantitative estimate of drug-likeness (QED) is 0.790. The van der Waals surface area contributed by atoms with Gasteiger partial charge in [-0.1, -0.05) is 13.0 Å². The summed E-state index contributed by atoms with van der Waals surface area (Å²) in [6.45, 7) is 5.97. The molecule has 28 heavy (non-hydrogen) atoms. The van der Waals surface area contributed by atoms with Crippen LogP contribution in [-0.4, -0.2) is 58.8 Å². The van der Waals surface area contributed by atoms with Crippen LogP contribution in [0.4, 0.5) is 4.39 Å². The molecule has 1 saturated heterocycles. The number of hydrogen-bond donors (Lipinski definition) is 0.